The fourth-order valence-electron chi connectivity index (χ4n) is 4.33. The van der Waals surface area contributed by atoms with E-state index in [9.17, 15) is 4.79 Å². The van der Waals surface area contributed by atoms with Crippen molar-refractivity contribution in [2.45, 2.75) is 50.2 Å². The first-order valence-corrected chi connectivity index (χ1v) is 8.69. The lowest BCUT2D eigenvalue weighted by molar-refractivity contribution is 0.0879. The molecule has 0 saturated carbocycles. The normalized spacial score (nSPS) is 28.0. The minimum Gasteiger partial charge on any atom is -0.492 e. The number of carbonyl (C=O) groups is 1. The van der Waals surface area contributed by atoms with Gasteiger partial charge in [-0.1, -0.05) is 11.6 Å². The van der Waals surface area contributed by atoms with Crippen LogP contribution in [0.5, 0.6) is 5.75 Å². The molecule has 0 radical (unpaired) electrons. The third kappa shape index (κ3) is 2.83. The van der Waals surface area contributed by atoms with Crippen molar-refractivity contribution in [3.63, 3.8) is 0 Å². The molecule has 2 saturated heterocycles. The van der Waals surface area contributed by atoms with E-state index in [1.807, 2.05) is 0 Å². The van der Waals surface area contributed by atoms with Crippen LogP contribution in [0.1, 0.15) is 41.6 Å². The second-order valence-electron chi connectivity index (χ2n) is 6.92. The number of benzene rings is 1. The number of hydrogen-bond donors (Lipinski definition) is 2. The number of nitrogens with two attached hydrogens (primary N) is 1. The Balaban J connectivity index is 0.00000169. The van der Waals surface area contributed by atoms with Gasteiger partial charge in [0.2, 0.25) is 0 Å². The average molecular weight is 372 g/mol. The number of halogens is 2. The Morgan fingerprint density at radius 3 is 2.71 bits per heavy atom. The van der Waals surface area contributed by atoms with Crippen molar-refractivity contribution in [2.24, 2.45) is 0 Å². The molecule has 3 heterocycles. The van der Waals surface area contributed by atoms with E-state index in [0.717, 1.165) is 18.4 Å². The van der Waals surface area contributed by atoms with Crippen LogP contribution in [0.25, 0.3) is 0 Å². The van der Waals surface area contributed by atoms with Gasteiger partial charge >= 0.3 is 0 Å². The van der Waals surface area contributed by atoms with Crippen LogP contribution in [0.2, 0.25) is 5.02 Å². The van der Waals surface area contributed by atoms with Gasteiger partial charge in [0.05, 0.1) is 22.9 Å². The summed E-state index contributed by atoms with van der Waals surface area (Å²) in [7, 11) is 2.20. The van der Waals surface area contributed by atoms with Crippen molar-refractivity contribution in [1.29, 1.82) is 0 Å². The van der Waals surface area contributed by atoms with Gasteiger partial charge in [0, 0.05) is 30.1 Å². The standard InChI is InChI=1S/C17H22ClN3O2.ClH/c1-21-10-2-3-11(21)7-9(6-10)20-17(22)13-8-14(18)15(19)12-4-5-23-16(12)13;/h8-11H,2-7,19H2,1H3,(H,20,22);1H/t9-,10+,11-;. The Hall–Kier alpha value is -1.17. The molecule has 0 unspecified atom stereocenters. The molecule has 1 aromatic rings. The highest BCUT2D eigenvalue weighted by atomic mass is 35.5. The molecule has 24 heavy (non-hydrogen) atoms. The topological polar surface area (TPSA) is 67.6 Å². The Bertz CT molecular complexity index is 654. The van der Waals surface area contributed by atoms with E-state index >= 15 is 0 Å². The molecule has 4 rings (SSSR count). The van der Waals surface area contributed by atoms with E-state index in [1.165, 1.54) is 12.8 Å². The van der Waals surface area contributed by atoms with Gasteiger partial charge in [-0.05, 0) is 38.8 Å². The maximum absolute atomic E-state index is 12.7. The van der Waals surface area contributed by atoms with Crippen LogP contribution < -0.4 is 15.8 Å². The highest BCUT2D eigenvalue weighted by molar-refractivity contribution is 6.33. The molecular weight excluding hydrogens is 349 g/mol. The van der Waals surface area contributed by atoms with Crippen LogP contribution >= 0.6 is 24.0 Å². The van der Waals surface area contributed by atoms with Gasteiger partial charge < -0.3 is 20.7 Å². The zero-order valence-corrected chi connectivity index (χ0v) is 15.3. The van der Waals surface area contributed by atoms with Gasteiger partial charge in [0.25, 0.3) is 5.91 Å². The van der Waals surface area contributed by atoms with E-state index in [4.69, 9.17) is 22.1 Å². The SMILES string of the molecule is CN1[C@@H]2CC[C@H]1C[C@@H](NC(=O)c1cc(Cl)c(N)c3c1OCC3)C2.Cl. The first-order chi connectivity index (χ1) is 11.0. The number of nitrogens with zero attached hydrogens (tertiary/aromatic N) is 1. The smallest absolute Gasteiger partial charge is 0.255 e. The molecule has 0 aromatic heterocycles. The predicted octanol–water partition coefficient (Wildman–Crippen LogP) is 2.63. The van der Waals surface area contributed by atoms with E-state index in [-0.39, 0.29) is 24.4 Å². The predicted molar refractivity (Wildman–Crippen MR) is 97.4 cm³/mol. The highest BCUT2D eigenvalue weighted by Crippen LogP contribution is 2.39. The Morgan fingerprint density at radius 2 is 2.04 bits per heavy atom. The van der Waals surface area contributed by atoms with Crippen molar-refractivity contribution >= 4 is 35.6 Å². The number of anilines is 1. The van der Waals surface area contributed by atoms with Crippen LogP contribution in [0, 0.1) is 0 Å². The summed E-state index contributed by atoms with van der Waals surface area (Å²) in [5.41, 5.74) is 7.92. The van der Waals surface area contributed by atoms with Crippen LogP contribution in [0.3, 0.4) is 0 Å². The molecule has 0 spiro atoms. The number of carbonyl (C=O) groups excluding carboxylic acids is 1. The third-order valence-corrected chi connectivity index (χ3v) is 5.96. The van der Waals surface area contributed by atoms with E-state index in [1.54, 1.807) is 6.07 Å². The van der Waals surface area contributed by atoms with Crippen molar-refractivity contribution in [1.82, 2.24) is 10.2 Å². The molecule has 1 aromatic carbocycles. The lowest BCUT2D eigenvalue weighted by Crippen LogP contribution is -2.48. The molecule has 2 fully saturated rings. The summed E-state index contributed by atoms with van der Waals surface area (Å²) in [5, 5.41) is 3.62. The molecule has 5 nitrogen and oxygen atoms in total. The first kappa shape index (κ1) is 17.6. The van der Waals surface area contributed by atoms with E-state index in [2.05, 4.69) is 17.3 Å². The Labute approximate surface area is 153 Å². The number of rotatable bonds is 2. The number of nitrogens with one attached hydrogen (secondary N) is 1. The fourth-order valence-corrected chi connectivity index (χ4v) is 4.55. The summed E-state index contributed by atoms with van der Waals surface area (Å²) in [5.74, 6) is 0.513. The summed E-state index contributed by atoms with van der Waals surface area (Å²) in [6.07, 6.45) is 5.22. The molecule has 2 bridgehead atoms. The van der Waals surface area contributed by atoms with Crippen molar-refractivity contribution in [3.8, 4) is 5.75 Å². The van der Waals surface area contributed by atoms with Crippen molar-refractivity contribution < 1.29 is 9.53 Å². The average Bonchev–Trinajstić information content (AvgIpc) is 3.06. The number of amides is 1. The van der Waals surface area contributed by atoms with Crippen molar-refractivity contribution in [2.75, 3.05) is 19.4 Å². The monoisotopic (exact) mass is 371 g/mol. The lowest BCUT2D eigenvalue weighted by Gasteiger charge is -2.36. The molecule has 3 aliphatic heterocycles. The number of hydrogen-bond acceptors (Lipinski definition) is 4. The van der Waals surface area contributed by atoms with Gasteiger partial charge in [-0.25, -0.2) is 0 Å². The second kappa shape index (κ2) is 6.62. The summed E-state index contributed by atoms with van der Waals surface area (Å²) in [6.45, 7) is 0.554. The summed E-state index contributed by atoms with van der Waals surface area (Å²) in [4.78, 5) is 15.2. The zero-order valence-electron chi connectivity index (χ0n) is 13.7. The Kier molecular flexibility index (Phi) is 4.87. The molecule has 132 valence electrons. The number of ether oxygens (including phenoxy) is 1. The van der Waals surface area contributed by atoms with Gasteiger partial charge in [-0.3, -0.25) is 4.79 Å². The summed E-state index contributed by atoms with van der Waals surface area (Å²) >= 11 is 6.19. The minimum absolute atomic E-state index is 0. The largest absolute Gasteiger partial charge is 0.492 e. The summed E-state index contributed by atoms with van der Waals surface area (Å²) in [6, 6.07) is 3.05. The molecule has 0 aliphatic carbocycles. The van der Waals surface area contributed by atoms with Crippen molar-refractivity contribution in [3.05, 3.63) is 22.2 Å². The van der Waals surface area contributed by atoms with Gasteiger partial charge in [0.1, 0.15) is 5.75 Å². The summed E-state index contributed by atoms with van der Waals surface area (Å²) < 4.78 is 5.64. The molecular formula is C17H23Cl2N3O2. The number of fused-ring (bicyclic) bond motifs is 3. The maximum Gasteiger partial charge on any atom is 0.255 e. The zero-order chi connectivity index (χ0) is 16.1. The van der Waals surface area contributed by atoms with Gasteiger partial charge in [0.15, 0.2) is 0 Å². The quantitative estimate of drug-likeness (QED) is 0.784. The second-order valence-corrected chi connectivity index (χ2v) is 7.33. The fraction of sp³-hybridized carbons (Fsp3) is 0.588. The van der Waals surface area contributed by atoms with Crippen LogP contribution in [-0.2, 0) is 6.42 Å². The van der Waals surface area contributed by atoms with Gasteiger partial charge in [-0.15, -0.1) is 12.4 Å². The third-order valence-electron chi connectivity index (χ3n) is 5.65. The van der Waals surface area contributed by atoms with Gasteiger partial charge in [-0.2, -0.15) is 0 Å². The molecule has 1 amide bonds. The lowest BCUT2D eigenvalue weighted by atomic mass is 9.97. The molecule has 3 N–H and O–H groups in total. The molecule has 3 aliphatic rings. The molecule has 3 atom stereocenters. The van der Waals surface area contributed by atoms with E-state index < -0.39 is 0 Å². The number of nitrogen functional groups attached to an aromatic ring is 1. The van der Waals surface area contributed by atoms with Crippen LogP contribution in [0.4, 0.5) is 5.69 Å². The molecule has 7 heteroatoms. The van der Waals surface area contributed by atoms with Crippen LogP contribution in [0.15, 0.2) is 6.07 Å². The number of piperidine rings is 1. The highest BCUT2D eigenvalue weighted by Gasteiger charge is 2.39. The van der Waals surface area contributed by atoms with Crippen LogP contribution in [-0.4, -0.2) is 42.6 Å². The maximum atomic E-state index is 12.7. The first-order valence-electron chi connectivity index (χ1n) is 8.31. The van der Waals surface area contributed by atoms with E-state index in [0.29, 0.717) is 47.1 Å². The minimum atomic E-state index is -0.0981. The Morgan fingerprint density at radius 1 is 1.38 bits per heavy atom.